The zero-order valence-corrected chi connectivity index (χ0v) is 21.3. The quantitative estimate of drug-likeness (QED) is 0.300. The fourth-order valence-corrected chi connectivity index (χ4v) is 4.10. The van der Waals surface area contributed by atoms with Gasteiger partial charge in [-0.2, -0.15) is 0 Å². The van der Waals surface area contributed by atoms with Gasteiger partial charge < -0.3 is 15.4 Å². The van der Waals surface area contributed by atoms with Crippen LogP contribution >= 0.6 is 35.3 Å². The number of hydrogen-bond donors (Lipinski definition) is 2. The van der Waals surface area contributed by atoms with Crippen LogP contribution in [0.5, 0.6) is 0 Å². The molecular formula is C22H34IN5OS. The number of nitrogens with zero attached hydrogens (tertiary/aromatic N) is 3. The smallest absolute Gasteiger partial charge is 0.191 e. The summed E-state index contributed by atoms with van der Waals surface area (Å²) in [5.41, 5.74) is 3.77. The molecule has 1 aromatic heterocycles. The minimum Gasteiger partial charge on any atom is -0.379 e. The average molecular weight is 544 g/mol. The lowest BCUT2D eigenvalue weighted by Crippen LogP contribution is -2.37. The molecule has 0 radical (unpaired) electrons. The van der Waals surface area contributed by atoms with E-state index in [1.165, 1.54) is 11.1 Å². The molecule has 166 valence electrons. The van der Waals surface area contributed by atoms with Gasteiger partial charge in [0.1, 0.15) is 5.01 Å². The van der Waals surface area contributed by atoms with Crippen molar-refractivity contribution >= 4 is 41.3 Å². The third-order valence-electron chi connectivity index (χ3n) is 4.94. The fraction of sp³-hybridized carbons (Fsp3) is 0.545. The van der Waals surface area contributed by atoms with Crippen molar-refractivity contribution in [1.29, 1.82) is 0 Å². The second kappa shape index (κ2) is 13.2. The van der Waals surface area contributed by atoms with E-state index in [1.54, 1.807) is 11.3 Å². The van der Waals surface area contributed by atoms with Crippen LogP contribution in [0, 0.1) is 0 Å². The molecule has 1 saturated heterocycles. The van der Waals surface area contributed by atoms with Gasteiger partial charge in [-0.15, -0.1) is 35.3 Å². The summed E-state index contributed by atoms with van der Waals surface area (Å²) >= 11 is 1.70. The Balaban J connectivity index is 0.00000320. The molecule has 3 rings (SSSR count). The molecule has 1 aliphatic heterocycles. The molecule has 0 saturated carbocycles. The van der Waals surface area contributed by atoms with Crippen LogP contribution in [0.3, 0.4) is 0 Å². The summed E-state index contributed by atoms with van der Waals surface area (Å²) in [6.07, 6.45) is 0. The molecule has 1 aromatic carbocycles. The van der Waals surface area contributed by atoms with Crippen molar-refractivity contribution in [3.05, 3.63) is 51.5 Å². The summed E-state index contributed by atoms with van der Waals surface area (Å²) in [5.74, 6) is 1.29. The van der Waals surface area contributed by atoms with Gasteiger partial charge in [0.15, 0.2) is 5.96 Å². The van der Waals surface area contributed by atoms with Gasteiger partial charge in [-0.3, -0.25) is 4.90 Å². The Bertz CT molecular complexity index is 789. The first kappa shape index (κ1) is 25.0. The zero-order valence-electron chi connectivity index (χ0n) is 18.2. The molecule has 0 atom stereocenters. The monoisotopic (exact) mass is 543 g/mol. The summed E-state index contributed by atoms with van der Waals surface area (Å²) < 4.78 is 5.47. The van der Waals surface area contributed by atoms with E-state index in [9.17, 15) is 0 Å². The minimum atomic E-state index is 0. The van der Waals surface area contributed by atoms with Crippen molar-refractivity contribution in [2.75, 3.05) is 32.8 Å². The van der Waals surface area contributed by atoms with Crippen LogP contribution in [0.1, 0.15) is 48.5 Å². The topological polar surface area (TPSA) is 61.8 Å². The van der Waals surface area contributed by atoms with Gasteiger partial charge >= 0.3 is 0 Å². The Kier molecular flexibility index (Phi) is 11.0. The first-order valence-electron chi connectivity index (χ1n) is 10.5. The number of nitrogens with one attached hydrogen (secondary N) is 2. The summed E-state index contributed by atoms with van der Waals surface area (Å²) in [5, 5.41) is 10.00. The van der Waals surface area contributed by atoms with Crippen LogP contribution in [-0.2, 0) is 24.4 Å². The van der Waals surface area contributed by atoms with Gasteiger partial charge in [-0.1, -0.05) is 38.1 Å². The molecule has 0 unspecified atom stereocenters. The fourth-order valence-electron chi connectivity index (χ4n) is 3.20. The van der Waals surface area contributed by atoms with Gasteiger partial charge in [0.25, 0.3) is 0 Å². The van der Waals surface area contributed by atoms with Crippen molar-refractivity contribution in [3.8, 4) is 0 Å². The number of hydrogen-bond acceptors (Lipinski definition) is 5. The number of aliphatic imine (C=N–C) groups is 1. The van der Waals surface area contributed by atoms with E-state index >= 15 is 0 Å². The Labute approximate surface area is 201 Å². The predicted octanol–water partition coefficient (Wildman–Crippen LogP) is 3.97. The third kappa shape index (κ3) is 7.79. The molecule has 2 N–H and O–H groups in total. The predicted molar refractivity (Wildman–Crippen MR) is 136 cm³/mol. The second-order valence-corrected chi connectivity index (χ2v) is 8.47. The summed E-state index contributed by atoms with van der Waals surface area (Å²) in [6, 6.07) is 8.60. The Hall–Kier alpha value is -1.23. The highest BCUT2D eigenvalue weighted by Crippen LogP contribution is 2.17. The molecule has 2 aromatic rings. The highest BCUT2D eigenvalue weighted by Gasteiger charge is 2.13. The maximum Gasteiger partial charge on any atom is 0.191 e. The number of aromatic nitrogens is 1. The molecule has 0 amide bonds. The van der Waals surface area contributed by atoms with E-state index in [0.717, 1.165) is 56.1 Å². The van der Waals surface area contributed by atoms with Crippen LogP contribution in [0.2, 0.25) is 0 Å². The molecular weight excluding hydrogens is 509 g/mol. The maximum atomic E-state index is 5.47. The van der Waals surface area contributed by atoms with Crippen molar-refractivity contribution in [3.63, 3.8) is 0 Å². The highest BCUT2D eigenvalue weighted by molar-refractivity contribution is 14.0. The van der Waals surface area contributed by atoms with E-state index in [2.05, 4.69) is 66.0 Å². The zero-order chi connectivity index (χ0) is 20.5. The molecule has 8 heteroatoms. The lowest BCUT2D eigenvalue weighted by molar-refractivity contribution is 0.0341. The van der Waals surface area contributed by atoms with Gasteiger partial charge in [-0.25, -0.2) is 9.98 Å². The largest absolute Gasteiger partial charge is 0.379 e. The third-order valence-corrected chi connectivity index (χ3v) is 5.80. The van der Waals surface area contributed by atoms with Gasteiger partial charge in [0, 0.05) is 31.6 Å². The number of ether oxygens (including phenoxy) is 1. The minimum absolute atomic E-state index is 0. The van der Waals surface area contributed by atoms with Gasteiger partial charge in [0.05, 0.1) is 32.0 Å². The SMILES string of the molecule is CCNC(=NCc1ccccc1CN1CCOCC1)NCc1nc(C(C)C)cs1.I. The number of guanidine groups is 1. The molecule has 1 aliphatic rings. The first-order chi connectivity index (χ1) is 14.2. The first-order valence-corrected chi connectivity index (χ1v) is 11.4. The number of benzene rings is 1. The van der Waals surface area contributed by atoms with Gasteiger partial charge in [-0.05, 0) is 24.0 Å². The molecule has 0 spiro atoms. The number of morpholine rings is 1. The number of halogens is 1. The van der Waals surface area contributed by atoms with Crippen molar-refractivity contribution in [2.24, 2.45) is 4.99 Å². The molecule has 30 heavy (non-hydrogen) atoms. The van der Waals surface area contributed by atoms with E-state index in [-0.39, 0.29) is 24.0 Å². The Morgan fingerprint density at radius 2 is 1.93 bits per heavy atom. The van der Waals surface area contributed by atoms with E-state index in [4.69, 9.17) is 14.7 Å². The maximum absolute atomic E-state index is 5.47. The molecule has 6 nitrogen and oxygen atoms in total. The van der Waals surface area contributed by atoms with E-state index in [0.29, 0.717) is 19.0 Å². The lowest BCUT2D eigenvalue weighted by Gasteiger charge is -2.27. The summed E-state index contributed by atoms with van der Waals surface area (Å²) in [6.45, 7) is 13.2. The van der Waals surface area contributed by atoms with Crippen LogP contribution in [0.25, 0.3) is 0 Å². The summed E-state index contributed by atoms with van der Waals surface area (Å²) in [7, 11) is 0. The number of thiazole rings is 1. The lowest BCUT2D eigenvalue weighted by atomic mass is 10.1. The van der Waals surface area contributed by atoms with Crippen molar-refractivity contribution < 1.29 is 4.74 Å². The van der Waals surface area contributed by atoms with Crippen LogP contribution in [-0.4, -0.2) is 48.7 Å². The Morgan fingerprint density at radius 3 is 2.60 bits per heavy atom. The van der Waals surface area contributed by atoms with Crippen LogP contribution in [0.4, 0.5) is 0 Å². The van der Waals surface area contributed by atoms with Crippen molar-refractivity contribution in [2.45, 2.75) is 46.3 Å². The molecule has 1 fully saturated rings. The van der Waals surface area contributed by atoms with Crippen molar-refractivity contribution in [1.82, 2.24) is 20.5 Å². The standard InChI is InChI=1S/C22H33N5OS.HI/c1-4-23-22(25-14-21-26-20(16-29-21)17(2)3)24-13-18-7-5-6-8-19(18)15-27-9-11-28-12-10-27;/h5-8,16-17H,4,9-15H2,1-3H3,(H2,23,24,25);1H. The number of rotatable bonds is 8. The summed E-state index contributed by atoms with van der Waals surface area (Å²) in [4.78, 5) is 12.0. The van der Waals surface area contributed by atoms with Gasteiger partial charge in [0.2, 0.25) is 0 Å². The molecule has 0 bridgehead atoms. The van der Waals surface area contributed by atoms with E-state index < -0.39 is 0 Å². The van der Waals surface area contributed by atoms with Crippen LogP contribution in [0.15, 0.2) is 34.6 Å². The van der Waals surface area contributed by atoms with E-state index in [1.807, 2.05) is 0 Å². The Morgan fingerprint density at radius 1 is 1.20 bits per heavy atom. The highest BCUT2D eigenvalue weighted by atomic mass is 127. The molecule has 2 heterocycles. The molecule has 0 aliphatic carbocycles. The average Bonchev–Trinajstić information content (AvgIpc) is 3.21. The second-order valence-electron chi connectivity index (χ2n) is 7.53. The van der Waals surface area contributed by atoms with Crippen LogP contribution < -0.4 is 10.6 Å². The normalized spacial score (nSPS) is 15.1.